The van der Waals surface area contributed by atoms with E-state index in [4.69, 9.17) is 22.6 Å². The molecule has 12 N–H and O–H groups in total. The predicted octanol–water partition coefficient (Wildman–Crippen LogP) is 1.39. The molecule has 0 fully saturated rings. The van der Waals surface area contributed by atoms with E-state index in [0.717, 1.165) is 12.1 Å². The lowest BCUT2D eigenvalue weighted by molar-refractivity contribution is 0.451. The molecule has 0 aliphatic rings. The molecular weight excluding hydrogens is 368 g/mol. The van der Waals surface area contributed by atoms with Crippen LogP contribution < -0.4 is 22.6 Å². The van der Waals surface area contributed by atoms with Crippen LogP contribution >= 0.6 is 0 Å². The standard InChI is InChI=1S/C16H16N8O4/c17-15(18)23-21-5-1-2-6(22-24-16(19)20)10-9(5)13(27)11-7(25)3-4-8(26)12(11)14(10)28/h1-4,21,25-28H,(H3,19,20)(H4,17,18,23). The second kappa shape index (κ2) is 6.68. The monoisotopic (exact) mass is 384 g/mol. The highest BCUT2D eigenvalue weighted by Crippen LogP contribution is 2.52. The van der Waals surface area contributed by atoms with Gasteiger partial charge in [0.1, 0.15) is 23.0 Å². The molecule has 0 bridgehead atoms. The maximum atomic E-state index is 10.8. The van der Waals surface area contributed by atoms with Gasteiger partial charge in [-0.3, -0.25) is 10.8 Å². The van der Waals surface area contributed by atoms with Crippen LogP contribution in [0.1, 0.15) is 0 Å². The van der Waals surface area contributed by atoms with Gasteiger partial charge in [0.15, 0.2) is 0 Å². The Hall–Kier alpha value is -4.48. The molecule has 0 spiro atoms. The van der Waals surface area contributed by atoms with Crippen molar-refractivity contribution in [2.24, 2.45) is 32.5 Å². The van der Waals surface area contributed by atoms with Gasteiger partial charge in [0.05, 0.1) is 32.9 Å². The summed E-state index contributed by atoms with van der Waals surface area (Å²) in [4.78, 5) is 0. The lowest BCUT2D eigenvalue weighted by Crippen LogP contribution is -2.23. The van der Waals surface area contributed by atoms with Gasteiger partial charge < -0.3 is 37.6 Å². The number of phenols is 4. The Kier molecular flexibility index (Phi) is 4.37. The van der Waals surface area contributed by atoms with Crippen molar-refractivity contribution in [1.29, 1.82) is 5.41 Å². The van der Waals surface area contributed by atoms with Crippen molar-refractivity contribution in [1.82, 2.24) is 0 Å². The molecule has 0 aliphatic heterocycles. The summed E-state index contributed by atoms with van der Waals surface area (Å²) in [7, 11) is 0. The highest BCUT2D eigenvalue weighted by molar-refractivity contribution is 6.20. The highest BCUT2D eigenvalue weighted by atomic mass is 16.3. The van der Waals surface area contributed by atoms with Gasteiger partial charge in [0.2, 0.25) is 11.9 Å². The van der Waals surface area contributed by atoms with Gasteiger partial charge in [-0.25, -0.2) is 0 Å². The average Bonchev–Trinajstić information content (AvgIpc) is 2.64. The summed E-state index contributed by atoms with van der Waals surface area (Å²) in [5, 5.41) is 59.5. The fraction of sp³-hybridized carbons (Fsp3) is 0. The number of aromatic hydroxyl groups is 4. The second-order valence-electron chi connectivity index (χ2n) is 5.67. The van der Waals surface area contributed by atoms with Crippen molar-refractivity contribution < 1.29 is 20.4 Å². The maximum Gasteiger partial charge on any atom is 0.232 e. The number of hydrogen-bond acceptors (Lipinski definition) is 8. The third kappa shape index (κ3) is 2.94. The van der Waals surface area contributed by atoms with Crippen LogP contribution in [0.2, 0.25) is 0 Å². The minimum Gasteiger partial charge on any atom is -0.507 e. The Morgan fingerprint density at radius 1 is 0.821 bits per heavy atom. The number of phenolic OH excluding ortho intramolecular Hbond substituents is 4. The van der Waals surface area contributed by atoms with Gasteiger partial charge in [-0.1, -0.05) is 0 Å². The largest absolute Gasteiger partial charge is 0.507 e. The van der Waals surface area contributed by atoms with Crippen LogP contribution in [0.4, 0.5) is 11.4 Å². The number of anilines is 1. The first-order chi connectivity index (χ1) is 13.2. The van der Waals surface area contributed by atoms with Crippen molar-refractivity contribution in [2.45, 2.75) is 0 Å². The first kappa shape index (κ1) is 18.3. The fourth-order valence-electron chi connectivity index (χ4n) is 2.80. The lowest BCUT2D eigenvalue weighted by atomic mass is 9.97. The number of nitrogens with zero attached hydrogens (tertiary/aromatic N) is 3. The van der Waals surface area contributed by atoms with Crippen molar-refractivity contribution in [3.8, 4) is 23.0 Å². The Labute approximate surface area is 156 Å². The van der Waals surface area contributed by atoms with Gasteiger partial charge in [-0.05, 0) is 24.3 Å². The van der Waals surface area contributed by atoms with Gasteiger partial charge >= 0.3 is 0 Å². The first-order valence-electron chi connectivity index (χ1n) is 7.68. The topological polar surface area (TPSA) is 232 Å². The minimum atomic E-state index is -0.583. The van der Waals surface area contributed by atoms with E-state index in [9.17, 15) is 20.4 Å². The van der Waals surface area contributed by atoms with E-state index in [2.05, 4.69) is 20.8 Å². The zero-order chi connectivity index (χ0) is 20.6. The van der Waals surface area contributed by atoms with Crippen molar-refractivity contribution in [3.05, 3.63) is 24.3 Å². The molecule has 3 aromatic carbocycles. The molecule has 0 unspecified atom stereocenters. The van der Waals surface area contributed by atoms with Crippen molar-refractivity contribution in [2.75, 3.05) is 5.43 Å². The number of fused-ring (bicyclic) bond motifs is 2. The highest BCUT2D eigenvalue weighted by Gasteiger charge is 2.23. The fourth-order valence-corrected chi connectivity index (χ4v) is 2.80. The Morgan fingerprint density at radius 3 is 1.93 bits per heavy atom. The van der Waals surface area contributed by atoms with Crippen LogP contribution in [0.25, 0.3) is 21.5 Å². The van der Waals surface area contributed by atoms with Crippen LogP contribution in [-0.2, 0) is 0 Å². The molecule has 12 heteroatoms. The predicted molar refractivity (Wildman–Crippen MR) is 104 cm³/mol. The summed E-state index contributed by atoms with van der Waals surface area (Å²) in [5.74, 6) is -2.63. The molecule has 0 aromatic heterocycles. The summed E-state index contributed by atoms with van der Waals surface area (Å²) < 4.78 is 0. The van der Waals surface area contributed by atoms with Crippen LogP contribution in [0.15, 0.2) is 39.6 Å². The third-order valence-electron chi connectivity index (χ3n) is 3.86. The number of hydrazone groups is 1. The molecule has 12 nitrogen and oxygen atoms in total. The quantitative estimate of drug-likeness (QED) is 0.0797. The molecule has 3 aromatic rings. The summed E-state index contributed by atoms with van der Waals surface area (Å²) >= 11 is 0. The molecule has 0 aliphatic carbocycles. The molecule has 0 saturated heterocycles. The van der Waals surface area contributed by atoms with E-state index >= 15 is 0 Å². The smallest absolute Gasteiger partial charge is 0.232 e. The van der Waals surface area contributed by atoms with Crippen LogP contribution in [-0.4, -0.2) is 32.3 Å². The number of nitrogens with one attached hydrogen (secondary N) is 2. The number of azo groups is 1. The lowest BCUT2D eigenvalue weighted by Gasteiger charge is -2.15. The van der Waals surface area contributed by atoms with E-state index in [0.29, 0.717) is 0 Å². The number of benzene rings is 3. The molecule has 3 rings (SSSR count). The second-order valence-corrected chi connectivity index (χ2v) is 5.67. The zero-order valence-electron chi connectivity index (χ0n) is 14.2. The summed E-state index contributed by atoms with van der Waals surface area (Å²) in [6.07, 6.45) is 0. The van der Waals surface area contributed by atoms with Gasteiger partial charge in [-0.2, -0.15) is 0 Å². The van der Waals surface area contributed by atoms with Gasteiger partial charge in [0, 0.05) is 0 Å². The molecule has 0 heterocycles. The van der Waals surface area contributed by atoms with Crippen LogP contribution in [0, 0.1) is 5.41 Å². The molecule has 0 amide bonds. The first-order valence-corrected chi connectivity index (χ1v) is 7.68. The summed E-state index contributed by atoms with van der Waals surface area (Å²) in [6, 6.07) is 5.13. The van der Waals surface area contributed by atoms with Crippen LogP contribution in [0.5, 0.6) is 23.0 Å². The van der Waals surface area contributed by atoms with Crippen LogP contribution in [0.3, 0.4) is 0 Å². The van der Waals surface area contributed by atoms with E-state index < -0.39 is 17.5 Å². The van der Waals surface area contributed by atoms with Gasteiger partial charge in [0.25, 0.3) is 0 Å². The van der Waals surface area contributed by atoms with Gasteiger partial charge in [-0.15, -0.1) is 15.3 Å². The third-order valence-corrected chi connectivity index (χ3v) is 3.86. The zero-order valence-corrected chi connectivity index (χ0v) is 14.2. The molecule has 0 saturated carbocycles. The minimum absolute atomic E-state index is 0.0177. The molecule has 0 atom stereocenters. The van der Waals surface area contributed by atoms with E-state index in [-0.39, 0.29) is 50.4 Å². The summed E-state index contributed by atoms with van der Waals surface area (Å²) in [6.45, 7) is 0. The molecule has 28 heavy (non-hydrogen) atoms. The Bertz CT molecular complexity index is 1180. The average molecular weight is 384 g/mol. The Morgan fingerprint density at radius 2 is 1.39 bits per heavy atom. The van der Waals surface area contributed by atoms with E-state index in [1.165, 1.54) is 12.1 Å². The normalized spacial score (nSPS) is 11.1. The van der Waals surface area contributed by atoms with E-state index in [1.807, 2.05) is 0 Å². The number of hydrogen-bond donors (Lipinski definition) is 9. The number of guanidine groups is 2. The molecular formula is C16H16N8O4. The SMILES string of the molecule is N=C(N)N=Nc1ccc(NN=C(N)N)c2c(O)c3c(O)ccc(O)c3c(O)c12. The summed E-state index contributed by atoms with van der Waals surface area (Å²) in [5.41, 5.74) is 18.5. The number of nitrogens with two attached hydrogens (primary N) is 3. The maximum absolute atomic E-state index is 10.8. The Balaban J connectivity index is 2.53. The van der Waals surface area contributed by atoms with Crippen molar-refractivity contribution >= 4 is 44.8 Å². The van der Waals surface area contributed by atoms with E-state index in [1.54, 1.807) is 0 Å². The molecule has 0 radical (unpaired) electrons. The molecule has 144 valence electrons. The van der Waals surface area contributed by atoms with Crippen molar-refractivity contribution in [3.63, 3.8) is 0 Å². The number of rotatable bonds is 3.